The van der Waals surface area contributed by atoms with Crippen LogP contribution >= 0.6 is 0 Å². The van der Waals surface area contributed by atoms with Crippen molar-refractivity contribution in [3.63, 3.8) is 0 Å². The van der Waals surface area contributed by atoms with Crippen LogP contribution in [0, 0.1) is 0 Å². The molecule has 0 aliphatic heterocycles. The van der Waals surface area contributed by atoms with Crippen LogP contribution in [0.4, 0.5) is 0 Å². The molecule has 0 heterocycles. The Hall–Kier alpha value is 0.397. The van der Waals surface area contributed by atoms with Gasteiger partial charge >= 0.3 is 29.6 Å². The molecule has 0 aromatic heterocycles. The summed E-state index contributed by atoms with van der Waals surface area (Å²) in [6.07, 6.45) is 0. The molecule has 3 heteroatoms. The molecule has 1 nitrogen and oxygen atoms in total. The van der Waals surface area contributed by atoms with Crippen LogP contribution in [0.5, 0.6) is 0 Å². The predicted octanol–water partition coefficient (Wildman–Crippen LogP) is -1.79. The SMILES string of the molecule is C[Si](C)(O)c1ccccc1.[H-].[Na+]. The minimum Gasteiger partial charge on any atom is -1.00 e. The summed E-state index contributed by atoms with van der Waals surface area (Å²) in [7, 11) is -2.03. The van der Waals surface area contributed by atoms with Crippen molar-refractivity contribution in [1.82, 2.24) is 0 Å². The Labute approximate surface area is 92.4 Å². The Bertz CT molecular complexity index is 210. The summed E-state index contributed by atoms with van der Waals surface area (Å²) >= 11 is 0. The Balaban J connectivity index is 0. The first-order valence-corrected chi connectivity index (χ1v) is 6.33. The summed E-state index contributed by atoms with van der Waals surface area (Å²) in [5, 5.41) is 1.09. The van der Waals surface area contributed by atoms with Crippen LogP contribution in [0.2, 0.25) is 13.1 Å². The van der Waals surface area contributed by atoms with Crippen LogP contribution in [0.3, 0.4) is 0 Å². The van der Waals surface area contributed by atoms with Crippen molar-refractivity contribution < 1.29 is 35.8 Å². The molecule has 0 amide bonds. The number of rotatable bonds is 1. The molecule has 0 bridgehead atoms. The fourth-order valence-corrected chi connectivity index (χ4v) is 1.85. The zero-order valence-corrected chi connectivity index (χ0v) is 10.3. The van der Waals surface area contributed by atoms with Gasteiger partial charge in [0.05, 0.1) is 0 Å². The topological polar surface area (TPSA) is 20.2 Å². The second kappa shape index (κ2) is 4.43. The maximum Gasteiger partial charge on any atom is 1.00 e. The van der Waals surface area contributed by atoms with Gasteiger partial charge < -0.3 is 6.22 Å². The van der Waals surface area contributed by atoms with E-state index in [9.17, 15) is 4.80 Å². The van der Waals surface area contributed by atoms with Crippen molar-refractivity contribution in [2.45, 2.75) is 13.1 Å². The standard InChI is InChI=1S/C8H12OSi.Na.H/c1-10(2,9)8-6-4-3-5-7-8;;/h3-7,9H,1-2H3;;/q;+1;-1. The van der Waals surface area contributed by atoms with Crippen molar-refractivity contribution >= 4 is 13.5 Å². The van der Waals surface area contributed by atoms with Crippen LogP contribution < -0.4 is 34.7 Å². The first kappa shape index (κ1) is 11.4. The van der Waals surface area contributed by atoms with Gasteiger partial charge in [-0.05, 0) is 18.3 Å². The molecule has 0 spiro atoms. The monoisotopic (exact) mass is 176 g/mol. The average molecular weight is 176 g/mol. The van der Waals surface area contributed by atoms with Gasteiger partial charge in [-0.25, -0.2) is 0 Å². The predicted molar refractivity (Wildman–Crippen MR) is 46.9 cm³/mol. The molecule has 0 saturated carbocycles. The Kier molecular flexibility index (Phi) is 4.59. The largest absolute Gasteiger partial charge is 1.00 e. The first-order valence-electron chi connectivity index (χ1n) is 3.38. The van der Waals surface area contributed by atoms with Crippen LogP contribution in [0.25, 0.3) is 0 Å². The third-order valence-corrected chi connectivity index (χ3v) is 3.23. The summed E-state index contributed by atoms with van der Waals surface area (Å²) in [6.45, 7) is 3.84. The van der Waals surface area contributed by atoms with E-state index in [-0.39, 0.29) is 31.0 Å². The van der Waals surface area contributed by atoms with Gasteiger partial charge in [0.2, 0.25) is 8.32 Å². The molecular formula is C8H13NaOSi. The molecule has 0 saturated heterocycles. The maximum absolute atomic E-state index is 9.63. The van der Waals surface area contributed by atoms with E-state index in [2.05, 4.69) is 0 Å². The van der Waals surface area contributed by atoms with Gasteiger partial charge in [0.15, 0.2) is 0 Å². The average Bonchev–Trinajstić information content (AvgIpc) is 1.88. The van der Waals surface area contributed by atoms with Gasteiger partial charge in [-0.1, -0.05) is 30.3 Å². The van der Waals surface area contributed by atoms with Crippen LogP contribution in [-0.2, 0) is 0 Å². The minimum atomic E-state index is -2.03. The van der Waals surface area contributed by atoms with Gasteiger partial charge in [0, 0.05) is 0 Å². The molecule has 1 aromatic carbocycles. The summed E-state index contributed by atoms with van der Waals surface area (Å²) in [6, 6.07) is 9.84. The molecule has 0 aliphatic rings. The van der Waals surface area contributed by atoms with Gasteiger partial charge in [0.25, 0.3) is 0 Å². The number of hydrogen-bond donors (Lipinski definition) is 1. The zero-order chi connectivity index (χ0) is 7.61. The quantitative estimate of drug-likeness (QED) is 0.501. The molecule has 56 valence electrons. The Morgan fingerprint density at radius 1 is 1.18 bits per heavy atom. The van der Waals surface area contributed by atoms with Crippen LogP contribution in [0.15, 0.2) is 30.3 Å². The molecule has 0 unspecified atom stereocenters. The third-order valence-electron chi connectivity index (χ3n) is 1.48. The maximum atomic E-state index is 9.63. The molecule has 11 heavy (non-hydrogen) atoms. The van der Waals surface area contributed by atoms with Crippen molar-refractivity contribution in [1.29, 1.82) is 0 Å². The van der Waals surface area contributed by atoms with E-state index in [1.165, 1.54) is 0 Å². The number of benzene rings is 1. The summed E-state index contributed by atoms with van der Waals surface area (Å²) in [5.74, 6) is 0. The normalized spacial score (nSPS) is 10.5. The van der Waals surface area contributed by atoms with Crippen molar-refractivity contribution in [3.8, 4) is 0 Å². The molecular weight excluding hydrogens is 163 g/mol. The van der Waals surface area contributed by atoms with Gasteiger partial charge in [-0.2, -0.15) is 0 Å². The zero-order valence-electron chi connectivity index (χ0n) is 8.33. The van der Waals surface area contributed by atoms with Crippen LogP contribution in [-0.4, -0.2) is 13.1 Å². The summed E-state index contributed by atoms with van der Waals surface area (Å²) in [4.78, 5) is 9.63. The van der Waals surface area contributed by atoms with Crippen molar-refractivity contribution in [3.05, 3.63) is 30.3 Å². The molecule has 1 rings (SSSR count). The fraction of sp³-hybridized carbons (Fsp3) is 0.250. The van der Waals surface area contributed by atoms with Gasteiger partial charge in [-0.3, -0.25) is 0 Å². The fourth-order valence-electron chi connectivity index (χ4n) is 0.846. The molecule has 0 fully saturated rings. The third kappa shape index (κ3) is 3.54. The van der Waals surface area contributed by atoms with Crippen molar-refractivity contribution in [2.24, 2.45) is 0 Å². The molecule has 1 N–H and O–H groups in total. The van der Waals surface area contributed by atoms with Gasteiger partial charge in [-0.15, -0.1) is 0 Å². The van der Waals surface area contributed by atoms with E-state index < -0.39 is 8.32 Å². The molecule has 0 aliphatic carbocycles. The minimum absolute atomic E-state index is 0. The van der Waals surface area contributed by atoms with E-state index in [1.807, 2.05) is 43.4 Å². The van der Waals surface area contributed by atoms with E-state index >= 15 is 0 Å². The smallest absolute Gasteiger partial charge is 1.00 e. The molecule has 0 atom stereocenters. The van der Waals surface area contributed by atoms with Gasteiger partial charge in [0.1, 0.15) is 0 Å². The molecule has 0 radical (unpaired) electrons. The van der Waals surface area contributed by atoms with E-state index in [4.69, 9.17) is 0 Å². The molecule has 1 aromatic rings. The summed E-state index contributed by atoms with van der Waals surface area (Å²) in [5.41, 5.74) is 0. The van der Waals surface area contributed by atoms with E-state index in [1.54, 1.807) is 0 Å². The second-order valence-corrected chi connectivity index (χ2v) is 6.62. The Morgan fingerprint density at radius 3 is 1.91 bits per heavy atom. The van der Waals surface area contributed by atoms with E-state index in [0.717, 1.165) is 5.19 Å². The van der Waals surface area contributed by atoms with Crippen LogP contribution in [0.1, 0.15) is 1.43 Å². The van der Waals surface area contributed by atoms with Crippen molar-refractivity contribution in [2.75, 3.05) is 0 Å². The van der Waals surface area contributed by atoms with E-state index in [0.29, 0.717) is 0 Å². The summed E-state index contributed by atoms with van der Waals surface area (Å²) < 4.78 is 0. The number of hydrogen-bond acceptors (Lipinski definition) is 1. The Morgan fingerprint density at radius 2 is 1.64 bits per heavy atom. The first-order chi connectivity index (χ1) is 4.61. The second-order valence-electron chi connectivity index (χ2n) is 2.93.